The van der Waals surface area contributed by atoms with E-state index in [9.17, 15) is 23.5 Å². The molecule has 6 rings (SSSR count). The Hall–Kier alpha value is -4.32. The van der Waals surface area contributed by atoms with Crippen LogP contribution in [0.1, 0.15) is 63.4 Å². The van der Waals surface area contributed by atoms with E-state index >= 15 is 4.39 Å². The Bertz CT molecular complexity index is 1650. The van der Waals surface area contributed by atoms with Crippen LogP contribution in [0.3, 0.4) is 0 Å². The molecule has 2 bridgehead atoms. The van der Waals surface area contributed by atoms with Crippen LogP contribution >= 0.6 is 0 Å². The molecule has 1 unspecified atom stereocenters. The molecule has 0 spiro atoms. The van der Waals surface area contributed by atoms with Gasteiger partial charge in [0.2, 0.25) is 5.78 Å². The maximum Gasteiger partial charge on any atom is 0.387 e. The van der Waals surface area contributed by atoms with Gasteiger partial charge in [-0.3, -0.25) is 9.59 Å². The molecular formula is C26H20F3N5O4. The summed E-state index contributed by atoms with van der Waals surface area (Å²) in [5.41, 5.74) is 1.39. The summed E-state index contributed by atoms with van der Waals surface area (Å²) < 4.78 is 49.7. The number of fused-ring (bicyclic) bond motifs is 9. The van der Waals surface area contributed by atoms with Crippen LogP contribution in [0.15, 0.2) is 36.5 Å². The van der Waals surface area contributed by atoms with Crippen LogP contribution < -0.4 is 10.1 Å². The monoisotopic (exact) mass is 523 g/mol. The Kier molecular flexibility index (Phi) is 5.45. The number of Topliss-reactive ketones (excluding diaryl/α,β-unsaturated/α-hetero) is 1. The average Bonchev–Trinajstić information content (AvgIpc) is 3.37. The average molecular weight is 523 g/mol. The van der Waals surface area contributed by atoms with Crippen LogP contribution in [0.4, 0.5) is 13.2 Å². The number of alkyl halides is 2. The van der Waals surface area contributed by atoms with Gasteiger partial charge in [-0.2, -0.15) is 8.78 Å². The lowest BCUT2D eigenvalue weighted by atomic mass is 9.88. The second-order valence-corrected chi connectivity index (χ2v) is 9.22. The van der Waals surface area contributed by atoms with E-state index in [1.807, 2.05) is 28.8 Å². The molecule has 0 aliphatic carbocycles. The smallest absolute Gasteiger partial charge is 0.387 e. The zero-order valence-electron chi connectivity index (χ0n) is 20.1. The Morgan fingerprint density at radius 2 is 1.97 bits per heavy atom. The number of hydrogen-bond donors (Lipinski definition) is 2. The highest BCUT2D eigenvalue weighted by Crippen LogP contribution is 2.50. The number of ketones is 1. The fraction of sp³-hybridized carbons (Fsp3) is 0.269. The summed E-state index contributed by atoms with van der Waals surface area (Å²) in [6, 6.07) is 7.57. The van der Waals surface area contributed by atoms with Crippen molar-refractivity contribution in [3.63, 3.8) is 0 Å². The third kappa shape index (κ3) is 3.47. The van der Waals surface area contributed by atoms with Gasteiger partial charge in [-0.1, -0.05) is 12.1 Å². The van der Waals surface area contributed by atoms with Crippen molar-refractivity contribution in [2.45, 2.75) is 45.1 Å². The molecule has 12 heteroatoms. The van der Waals surface area contributed by atoms with E-state index in [1.165, 1.54) is 19.2 Å². The molecule has 38 heavy (non-hydrogen) atoms. The maximum absolute atomic E-state index is 16.0. The predicted octanol–water partition coefficient (Wildman–Crippen LogP) is 3.88. The van der Waals surface area contributed by atoms with Crippen molar-refractivity contribution < 1.29 is 32.6 Å². The number of carbonyl (C=O) groups is 2. The van der Waals surface area contributed by atoms with Gasteiger partial charge in [0.05, 0.1) is 34.4 Å². The third-order valence-electron chi connectivity index (χ3n) is 6.98. The summed E-state index contributed by atoms with van der Waals surface area (Å²) in [6.07, 6.45) is 0.158. The molecule has 9 nitrogen and oxygen atoms in total. The minimum Gasteiger partial charge on any atom is -0.431 e. The molecular weight excluding hydrogens is 503 g/mol. The van der Waals surface area contributed by atoms with Crippen molar-refractivity contribution in [3.8, 4) is 17.0 Å². The summed E-state index contributed by atoms with van der Waals surface area (Å²) in [5.74, 6) is -3.46. The quantitative estimate of drug-likeness (QED) is 0.381. The number of aliphatic hydroxyl groups excluding tert-OH is 1. The largest absolute Gasteiger partial charge is 0.431 e. The summed E-state index contributed by atoms with van der Waals surface area (Å²) in [4.78, 5) is 38.3. The fourth-order valence-electron chi connectivity index (χ4n) is 5.45. The topological polar surface area (TPSA) is 119 Å². The van der Waals surface area contributed by atoms with E-state index in [2.05, 4.69) is 25.0 Å². The number of nitrogens with one attached hydrogen (secondary N) is 1. The second kappa shape index (κ2) is 8.62. The van der Waals surface area contributed by atoms with E-state index in [-0.39, 0.29) is 28.2 Å². The number of aromatic nitrogens is 4. The highest BCUT2D eigenvalue weighted by molar-refractivity contribution is 6.02. The van der Waals surface area contributed by atoms with Crippen LogP contribution in [0, 0.1) is 12.7 Å². The van der Waals surface area contributed by atoms with Gasteiger partial charge in [-0.05, 0) is 49.6 Å². The molecule has 2 aromatic carbocycles. The highest BCUT2D eigenvalue weighted by atomic mass is 19.3. The number of imidazole rings is 1. The molecule has 0 saturated heterocycles. The van der Waals surface area contributed by atoms with E-state index < -0.39 is 48.1 Å². The molecule has 3 atom stereocenters. The van der Waals surface area contributed by atoms with Crippen molar-refractivity contribution in [2.75, 3.05) is 0 Å². The molecule has 0 radical (unpaired) electrons. The molecule has 2 aliphatic rings. The number of amides is 1. The van der Waals surface area contributed by atoms with Gasteiger partial charge in [0.15, 0.2) is 17.4 Å². The first kappa shape index (κ1) is 24.0. The number of benzene rings is 2. The Morgan fingerprint density at radius 3 is 2.71 bits per heavy atom. The van der Waals surface area contributed by atoms with Gasteiger partial charge in [0.25, 0.3) is 5.91 Å². The van der Waals surface area contributed by atoms with Gasteiger partial charge in [-0.25, -0.2) is 19.3 Å². The lowest BCUT2D eigenvalue weighted by Crippen LogP contribution is -2.29. The number of nitrogens with zero attached hydrogens (tertiary/aromatic N) is 4. The van der Waals surface area contributed by atoms with Gasteiger partial charge in [0, 0.05) is 11.8 Å². The molecule has 2 aromatic heterocycles. The number of carbonyl (C=O) groups excluding carboxylic acids is 2. The van der Waals surface area contributed by atoms with E-state index in [0.717, 1.165) is 5.52 Å². The van der Waals surface area contributed by atoms with Crippen molar-refractivity contribution in [2.24, 2.45) is 0 Å². The van der Waals surface area contributed by atoms with Gasteiger partial charge in [-0.15, -0.1) is 0 Å². The number of para-hydroxylation sites is 2. The van der Waals surface area contributed by atoms with Crippen LogP contribution in [0.5, 0.6) is 5.75 Å². The predicted molar refractivity (Wildman–Crippen MR) is 128 cm³/mol. The van der Waals surface area contributed by atoms with Crippen LogP contribution in [-0.2, 0) is 0 Å². The Balaban J connectivity index is 1.66. The molecule has 4 heterocycles. The number of ether oxygens (including phenoxy) is 1. The first-order valence-corrected chi connectivity index (χ1v) is 11.8. The lowest BCUT2D eigenvalue weighted by molar-refractivity contribution is -0.0525. The normalized spacial score (nSPS) is 18.7. The summed E-state index contributed by atoms with van der Waals surface area (Å²) in [6.45, 7) is -0.616. The minimum atomic E-state index is -3.42. The van der Waals surface area contributed by atoms with Gasteiger partial charge >= 0.3 is 6.61 Å². The zero-order chi connectivity index (χ0) is 26.9. The molecule has 194 valence electrons. The number of halogens is 3. The first-order chi connectivity index (χ1) is 18.2. The summed E-state index contributed by atoms with van der Waals surface area (Å²) >= 11 is 0. The second-order valence-electron chi connectivity index (χ2n) is 9.22. The van der Waals surface area contributed by atoms with Crippen molar-refractivity contribution in [1.29, 1.82) is 0 Å². The highest BCUT2D eigenvalue weighted by Gasteiger charge is 2.44. The van der Waals surface area contributed by atoms with Crippen LogP contribution in [-0.4, -0.2) is 49.0 Å². The lowest BCUT2D eigenvalue weighted by Gasteiger charge is -2.25. The standard InChI is InChI=1S/C26H20F3N5O4/c1-10-17(13-7-8-30-23(31-13)21(36)11(2)35)20(27)22(38-26(28)29)19-18(10)16-9-14(33-25(19)37)24-32-12-5-3-4-6-15(12)34(16)24/h3-8,11,14,16,26,35H,9H2,1-2H3,(H,33,37)/t11?,14-,16-/m1/s1. The van der Waals surface area contributed by atoms with E-state index in [0.29, 0.717) is 23.3 Å². The fourth-order valence-corrected chi connectivity index (χ4v) is 5.45. The van der Waals surface area contributed by atoms with Gasteiger partial charge < -0.3 is 19.7 Å². The Labute approximate surface area is 213 Å². The van der Waals surface area contributed by atoms with Crippen LogP contribution in [0.25, 0.3) is 22.3 Å². The molecule has 0 saturated carbocycles. The molecule has 0 fully saturated rings. The van der Waals surface area contributed by atoms with Crippen molar-refractivity contribution in [3.05, 3.63) is 70.7 Å². The Morgan fingerprint density at radius 1 is 1.21 bits per heavy atom. The minimum absolute atomic E-state index is 0.0872. The summed E-state index contributed by atoms with van der Waals surface area (Å²) in [5, 5.41) is 12.5. The number of aliphatic hydroxyl groups is 1. The first-order valence-electron chi connectivity index (χ1n) is 11.8. The molecule has 2 N–H and O–H groups in total. The SMILES string of the molecule is Cc1c(-c2ccnc(C(=O)C(C)O)n2)c(F)c(OC(F)F)c2c1[C@H]1C[C@@H](NC2=O)c2nc3ccccc3n21. The number of rotatable bonds is 5. The number of hydrogen-bond acceptors (Lipinski definition) is 7. The third-order valence-corrected chi connectivity index (χ3v) is 6.98. The van der Waals surface area contributed by atoms with Gasteiger partial charge in [0.1, 0.15) is 11.9 Å². The van der Waals surface area contributed by atoms with Crippen LogP contribution in [0.2, 0.25) is 0 Å². The molecule has 2 aliphatic heterocycles. The zero-order valence-corrected chi connectivity index (χ0v) is 20.1. The van der Waals surface area contributed by atoms with E-state index in [1.54, 1.807) is 6.92 Å². The van der Waals surface area contributed by atoms with E-state index in [4.69, 9.17) is 0 Å². The maximum atomic E-state index is 16.0. The van der Waals surface area contributed by atoms with Crippen molar-refractivity contribution in [1.82, 2.24) is 24.8 Å². The molecule has 1 amide bonds. The summed E-state index contributed by atoms with van der Waals surface area (Å²) in [7, 11) is 0. The van der Waals surface area contributed by atoms with Crippen molar-refractivity contribution >= 4 is 22.7 Å². The molecule has 4 aromatic rings.